The molecule has 0 amide bonds. The van der Waals surface area contributed by atoms with Crippen LogP contribution in [0.15, 0.2) is 47.4 Å². The van der Waals surface area contributed by atoms with E-state index >= 15 is 0 Å². The second-order valence-corrected chi connectivity index (χ2v) is 4.49. The monoisotopic (exact) mass is 282 g/mol. The van der Waals surface area contributed by atoms with Gasteiger partial charge in [0.1, 0.15) is 11.6 Å². The molecule has 0 bridgehead atoms. The van der Waals surface area contributed by atoms with Gasteiger partial charge in [0.05, 0.1) is 20.1 Å². The zero-order chi connectivity index (χ0) is 15.2. The molecule has 0 unspecified atom stereocenters. The minimum atomic E-state index is -0.340. The van der Waals surface area contributed by atoms with Gasteiger partial charge in [-0.15, -0.1) is 0 Å². The zero-order valence-electron chi connectivity index (χ0n) is 11.6. The van der Waals surface area contributed by atoms with Crippen LogP contribution in [0.2, 0.25) is 0 Å². The van der Waals surface area contributed by atoms with Crippen molar-refractivity contribution in [2.45, 2.75) is 13.0 Å². The fourth-order valence-electron chi connectivity index (χ4n) is 2.04. The third-order valence-electron chi connectivity index (χ3n) is 3.16. The molecule has 0 aliphatic rings. The summed E-state index contributed by atoms with van der Waals surface area (Å²) in [6.45, 7) is 0.307. The standard InChI is InChI=1S/C16H14N2O3/c1-21-15(19)9-12-5-2-3-6-14(12)11-18-8-4-7-13(10-17)16(18)20/h2-8H,9,11H2,1H3. The van der Waals surface area contributed by atoms with Gasteiger partial charge < -0.3 is 9.30 Å². The fraction of sp³-hybridized carbons (Fsp3) is 0.188. The van der Waals surface area contributed by atoms with E-state index in [9.17, 15) is 9.59 Å². The number of nitrogens with zero attached hydrogens (tertiary/aromatic N) is 2. The van der Waals surface area contributed by atoms with Gasteiger partial charge in [-0.25, -0.2) is 0 Å². The Morgan fingerprint density at radius 2 is 1.95 bits per heavy atom. The largest absolute Gasteiger partial charge is 0.469 e. The number of ether oxygens (including phenoxy) is 1. The van der Waals surface area contributed by atoms with Gasteiger partial charge in [-0.05, 0) is 23.3 Å². The molecule has 0 aliphatic heterocycles. The summed E-state index contributed by atoms with van der Waals surface area (Å²) in [7, 11) is 1.34. The summed E-state index contributed by atoms with van der Waals surface area (Å²) in [6.07, 6.45) is 1.78. The Hall–Kier alpha value is -2.87. The van der Waals surface area contributed by atoms with E-state index in [0.717, 1.165) is 11.1 Å². The maximum atomic E-state index is 12.0. The average Bonchev–Trinajstić information content (AvgIpc) is 2.51. The lowest BCUT2D eigenvalue weighted by atomic mass is 10.0. The number of benzene rings is 1. The van der Waals surface area contributed by atoms with Crippen molar-refractivity contribution in [2.24, 2.45) is 0 Å². The van der Waals surface area contributed by atoms with Crippen molar-refractivity contribution >= 4 is 5.97 Å². The van der Waals surface area contributed by atoms with E-state index in [-0.39, 0.29) is 23.5 Å². The molecule has 5 nitrogen and oxygen atoms in total. The van der Waals surface area contributed by atoms with Gasteiger partial charge in [0.25, 0.3) is 5.56 Å². The predicted octanol–water partition coefficient (Wildman–Crippen LogP) is 1.48. The first kappa shape index (κ1) is 14.5. The molecule has 1 aromatic carbocycles. The van der Waals surface area contributed by atoms with Gasteiger partial charge in [-0.2, -0.15) is 5.26 Å². The van der Waals surface area contributed by atoms with E-state index in [1.54, 1.807) is 12.3 Å². The summed E-state index contributed by atoms with van der Waals surface area (Å²) in [5, 5.41) is 8.89. The molecule has 2 aromatic rings. The molecule has 0 N–H and O–H groups in total. The molecular weight excluding hydrogens is 268 g/mol. The Kier molecular flexibility index (Phi) is 4.52. The number of nitriles is 1. The first-order valence-electron chi connectivity index (χ1n) is 6.39. The van der Waals surface area contributed by atoms with Crippen molar-refractivity contribution in [3.8, 4) is 6.07 Å². The van der Waals surface area contributed by atoms with Crippen LogP contribution < -0.4 is 5.56 Å². The number of esters is 1. The van der Waals surface area contributed by atoms with Crippen molar-refractivity contribution in [3.63, 3.8) is 0 Å². The van der Waals surface area contributed by atoms with Crippen LogP contribution in [0.1, 0.15) is 16.7 Å². The Morgan fingerprint density at radius 1 is 1.24 bits per heavy atom. The van der Waals surface area contributed by atoms with Crippen LogP contribution in [-0.2, 0) is 22.5 Å². The smallest absolute Gasteiger partial charge is 0.309 e. The minimum Gasteiger partial charge on any atom is -0.469 e. The molecule has 0 fully saturated rings. The van der Waals surface area contributed by atoms with E-state index in [2.05, 4.69) is 4.74 Å². The van der Waals surface area contributed by atoms with Crippen LogP contribution >= 0.6 is 0 Å². The third kappa shape index (κ3) is 3.37. The Labute approximate surface area is 122 Å². The van der Waals surface area contributed by atoms with Crippen LogP contribution in [0.5, 0.6) is 0 Å². The van der Waals surface area contributed by atoms with Crippen LogP contribution in [-0.4, -0.2) is 17.6 Å². The SMILES string of the molecule is COC(=O)Cc1ccccc1Cn1cccc(C#N)c1=O. The van der Waals surface area contributed by atoms with Crippen LogP contribution in [0, 0.1) is 11.3 Å². The van der Waals surface area contributed by atoms with Crippen LogP contribution in [0.4, 0.5) is 0 Å². The van der Waals surface area contributed by atoms with Gasteiger partial charge in [0.15, 0.2) is 0 Å². The fourth-order valence-corrected chi connectivity index (χ4v) is 2.04. The van der Waals surface area contributed by atoms with Crippen molar-refractivity contribution < 1.29 is 9.53 Å². The lowest BCUT2D eigenvalue weighted by Gasteiger charge is -2.10. The number of carbonyl (C=O) groups excluding carboxylic acids is 1. The quantitative estimate of drug-likeness (QED) is 0.796. The topological polar surface area (TPSA) is 72.1 Å². The van der Waals surface area contributed by atoms with E-state index in [1.165, 1.54) is 17.7 Å². The highest BCUT2D eigenvalue weighted by Crippen LogP contribution is 2.11. The summed E-state index contributed by atoms with van der Waals surface area (Å²) in [5.74, 6) is -0.333. The molecular formula is C16H14N2O3. The van der Waals surface area contributed by atoms with Gasteiger partial charge in [0, 0.05) is 6.20 Å². The number of pyridine rings is 1. The van der Waals surface area contributed by atoms with Crippen molar-refractivity contribution in [2.75, 3.05) is 7.11 Å². The second-order valence-electron chi connectivity index (χ2n) is 4.49. The van der Waals surface area contributed by atoms with Gasteiger partial charge in [-0.1, -0.05) is 24.3 Å². The number of methoxy groups -OCH3 is 1. The molecule has 2 rings (SSSR count). The molecule has 1 heterocycles. The Morgan fingerprint density at radius 3 is 2.62 bits per heavy atom. The van der Waals surface area contributed by atoms with Crippen LogP contribution in [0.25, 0.3) is 0 Å². The molecule has 0 spiro atoms. The molecule has 106 valence electrons. The lowest BCUT2D eigenvalue weighted by molar-refractivity contribution is -0.139. The summed E-state index contributed by atoms with van der Waals surface area (Å²) in [5.41, 5.74) is 1.41. The molecule has 0 aliphatic carbocycles. The molecule has 21 heavy (non-hydrogen) atoms. The second kappa shape index (κ2) is 6.53. The van der Waals surface area contributed by atoms with E-state index in [0.29, 0.717) is 6.54 Å². The van der Waals surface area contributed by atoms with Crippen molar-refractivity contribution in [1.29, 1.82) is 5.26 Å². The van der Waals surface area contributed by atoms with Gasteiger partial charge in [0.2, 0.25) is 0 Å². The highest BCUT2D eigenvalue weighted by atomic mass is 16.5. The molecule has 0 saturated carbocycles. The summed E-state index contributed by atoms with van der Waals surface area (Å²) >= 11 is 0. The van der Waals surface area contributed by atoms with Crippen molar-refractivity contribution in [3.05, 3.63) is 69.6 Å². The maximum Gasteiger partial charge on any atom is 0.309 e. The lowest BCUT2D eigenvalue weighted by Crippen LogP contribution is -2.22. The minimum absolute atomic E-state index is 0.1000. The average molecular weight is 282 g/mol. The van der Waals surface area contributed by atoms with Gasteiger partial charge >= 0.3 is 5.97 Å². The third-order valence-corrected chi connectivity index (χ3v) is 3.16. The van der Waals surface area contributed by atoms with E-state index in [4.69, 9.17) is 5.26 Å². The van der Waals surface area contributed by atoms with Crippen molar-refractivity contribution in [1.82, 2.24) is 4.57 Å². The number of hydrogen-bond donors (Lipinski definition) is 0. The normalized spacial score (nSPS) is 9.90. The number of carbonyl (C=O) groups is 1. The first-order valence-corrected chi connectivity index (χ1v) is 6.39. The zero-order valence-corrected chi connectivity index (χ0v) is 11.6. The first-order chi connectivity index (χ1) is 10.2. The maximum absolute atomic E-state index is 12.0. The number of aromatic nitrogens is 1. The summed E-state index contributed by atoms with van der Waals surface area (Å²) < 4.78 is 6.12. The molecule has 5 heteroatoms. The number of hydrogen-bond acceptors (Lipinski definition) is 4. The highest BCUT2D eigenvalue weighted by molar-refractivity contribution is 5.72. The molecule has 0 radical (unpaired) electrons. The molecule has 0 atom stereocenters. The molecule has 0 saturated heterocycles. The predicted molar refractivity (Wildman–Crippen MR) is 76.7 cm³/mol. The van der Waals surface area contributed by atoms with Crippen LogP contribution in [0.3, 0.4) is 0 Å². The van der Waals surface area contributed by atoms with E-state index in [1.807, 2.05) is 30.3 Å². The number of rotatable bonds is 4. The summed E-state index contributed by atoms with van der Waals surface area (Å²) in [6, 6.07) is 12.4. The summed E-state index contributed by atoms with van der Waals surface area (Å²) in [4.78, 5) is 23.5. The van der Waals surface area contributed by atoms with E-state index < -0.39 is 0 Å². The van der Waals surface area contributed by atoms with Gasteiger partial charge in [-0.3, -0.25) is 9.59 Å². The molecule has 1 aromatic heterocycles. The Balaban J connectivity index is 2.35. The Bertz CT molecular complexity index is 757. The highest BCUT2D eigenvalue weighted by Gasteiger charge is 2.09.